The van der Waals surface area contributed by atoms with Gasteiger partial charge in [-0.15, -0.1) is 0 Å². The average Bonchev–Trinajstić information content (AvgIpc) is 2.79. The molecule has 1 aromatic rings. The Kier molecular flexibility index (Phi) is 4.51. The zero-order chi connectivity index (χ0) is 13.1. The van der Waals surface area contributed by atoms with E-state index in [0.717, 1.165) is 5.69 Å². The normalized spacial score (nSPS) is 13.8. The van der Waals surface area contributed by atoms with Crippen LogP contribution in [0.5, 0.6) is 0 Å². The van der Waals surface area contributed by atoms with Crippen LogP contribution >= 0.6 is 0 Å². The number of methoxy groups -OCH3 is 1. The van der Waals surface area contributed by atoms with E-state index in [9.17, 15) is 9.90 Å². The van der Waals surface area contributed by atoms with Gasteiger partial charge in [0.15, 0.2) is 0 Å². The van der Waals surface area contributed by atoms with Gasteiger partial charge >= 0.3 is 5.97 Å². The van der Waals surface area contributed by atoms with Gasteiger partial charge in [0.2, 0.25) is 0 Å². The summed E-state index contributed by atoms with van der Waals surface area (Å²) in [5.74, 6) is -0.281. The van der Waals surface area contributed by atoms with E-state index in [0.29, 0.717) is 24.2 Å². The molecule has 0 bridgehead atoms. The summed E-state index contributed by atoms with van der Waals surface area (Å²) in [6.07, 6.45) is 0. The minimum absolute atomic E-state index is 0. The molecule has 1 aliphatic rings. The third-order valence-corrected chi connectivity index (χ3v) is 2.83. The number of rotatable bonds is 2. The number of benzene rings is 1. The van der Waals surface area contributed by atoms with Crippen molar-refractivity contribution in [2.75, 3.05) is 25.1 Å². The van der Waals surface area contributed by atoms with Gasteiger partial charge in [0.05, 0.1) is 31.3 Å². The van der Waals surface area contributed by atoms with E-state index in [4.69, 9.17) is 5.26 Å². The fraction of sp³-hybridized carbons (Fsp3) is 0.231. The quantitative estimate of drug-likeness (QED) is 0.794. The number of carbonyl (C=O) groups is 1. The lowest BCUT2D eigenvalue weighted by atomic mass is 10.2. The van der Waals surface area contributed by atoms with E-state index in [1.165, 1.54) is 7.11 Å². The Morgan fingerprint density at radius 2 is 2.00 bits per heavy atom. The van der Waals surface area contributed by atoms with Crippen molar-refractivity contribution >= 4 is 11.7 Å². The lowest BCUT2D eigenvalue weighted by Crippen LogP contribution is -2.20. The summed E-state index contributed by atoms with van der Waals surface area (Å²) in [6.45, 7) is 0.709. The van der Waals surface area contributed by atoms with Gasteiger partial charge < -0.3 is 20.2 Å². The number of ether oxygens (including phenoxy) is 1. The number of aliphatic hydroxyl groups is 1. The van der Waals surface area contributed by atoms with Gasteiger partial charge in [0.25, 0.3) is 0 Å². The summed E-state index contributed by atoms with van der Waals surface area (Å²) < 4.78 is 4.61. The van der Waals surface area contributed by atoms with E-state index in [2.05, 4.69) is 4.74 Å². The zero-order valence-corrected chi connectivity index (χ0v) is 10.4. The molecule has 6 heteroatoms. The fourth-order valence-corrected chi connectivity index (χ4v) is 1.82. The maximum absolute atomic E-state index is 11.3. The largest absolute Gasteiger partial charge is 0.509 e. The molecule has 1 heterocycles. The zero-order valence-electron chi connectivity index (χ0n) is 10.4. The maximum atomic E-state index is 11.3. The molecule has 0 amide bonds. The average molecular weight is 262 g/mol. The minimum Gasteiger partial charge on any atom is -0.509 e. The second-order valence-corrected chi connectivity index (χ2v) is 3.93. The molecule has 0 fully saturated rings. The van der Waals surface area contributed by atoms with Gasteiger partial charge in [-0.1, -0.05) is 0 Å². The molecule has 1 aliphatic heterocycles. The van der Waals surface area contributed by atoms with Crippen molar-refractivity contribution in [2.24, 2.45) is 0 Å². The highest BCUT2D eigenvalue weighted by Gasteiger charge is 2.21. The van der Waals surface area contributed by atoms with E-state index in [1.54, 1.807) is 24.3 Å². The van der Waals surface area contributed by atoms with Crippen LogP contribution in [0, 0.1) is 11.3 Å². The molecule has 100 valence electrons. The molecule has 2 rings (SSSR count). The topological polar surface area (TPSA) is 105 Å². The van der Waals surface area contributed by atoms with Crippen molar-refractivity contribution in [3.8, 4) is 6.07 Å². The highest BCUT2D eigenvalue weighted by molar-refractivity contribution is 5.89. The van der Waals surface area contributed by atoms with Crippen molar-refractivity contribution in [1.29, 1.82) is 5.26 Å². The number of carbonyl (C=O) groups excluding carboxylic acids is 1. The Labute approximate surface area is 110 Å². The Bertz CT molecular complexity index is 543. The molecule has 0 aliphatic carbocycles. The van der Waals surface area contributed by atoms with Crippen LogP contribution in [0.25, 0.3) is 0 Å². The number of aliphatic hydroxyl groups excluding tert-OH is 1. The highest BCUT2D eigenvalue weighted by atomic mass is 16.5. The van der Waals surface area contributed by atoms with E-state index < -0.39 is 0 Å². The second-order valence-electron chi connectivity index (χ2n) is 3.93. The Hall–Kier alpha value is -2.52. The molecule has 0 unspecified atom stereocenters. The first kappa shape index (κ1) is 14.5. The Morgan fingerprint density at radius 3 is 2.47 bits per heavy atom. The molecule has 0 radical (unpaired) electrons. The fourth-order valence-electron chi connectivity index (χ4n) is 1.82. The summed E-state index contributed by atoms with van der Waals surface area (Å²) in [5, 5.41) is 18.3. The number of hydrogen-bond acceptors (Lipinski definition) is 5. The summed E-state index contributed by atoms with van der Waals surface area (Å²) >= 11 is 0. The standard InChI is InChI=1S/C13H12N2O3.H2O/c1-18-13(17)9-2-4-11(5-3-9)15-7-10(6-14)12(16)8-15;/h2-5,16H,7-8H2,1H3;1H2. The van der Waals surface area contributed by atoms with Crippen LogP contribution in [0.1, 0.15) is 10.4 Å². The SMILES string of the molecule is COC(=O)c1ccc(N2CC(O)=C(C#N)C2)cc1.O. The monoisotopic (exact) mass is 262 g/mol. The van der Waals surface area contributed by atoms with Gasteiger partial charge in [0.1, 0.15) is 11.8 Å². The Morgan fingerprint density at radius 1 is 1.37 bits per heavy atom. The minimum atomic E-state index is -0.387. The van der Waals surface area contributed by atoms with Gasteiger partial charge in [-0.2, -0.15) is 5.26 Å². The number of nitrogens with zero attached hydrogens (tertiary/aromatic N) is 2. The van der Waals surface area contributed by atoms with Gasteiger partial charge in [0, 0.05) is 5.69 Å². The first-order valence-corrected chi connectivity index (χ1v) is 5.40. The van der Waals surface area contributed by atoms with Crippen LogP contribution in [-0.4, -0.2) is 36.8 Å². The molecule has 0 atom stereocenters. The smallest absolute Gasteiger partial charge is 0.337 e. The molecular weight excluding hydrogens is 248 g/mol. The predicted molar refractivity (Wildman–Crippen MR) is 68.9 cm³/mol. The van der Waals surface area contributed by atoms with Crippen molar-refractivity contribution < 1.29 is 20.1 Å². The molecule has 1 aromatic carbocycles. The first-order valence-electron chi connectivity index (χ1n) is 5.40. The van der Waals surface area contributed by atoms with Gasteiger partial charge in [-0.05, 0) is 24.3 Å². The number of esters is 1. The third kappa shape index (κ3) is 2.84. The van der Waals surface area contributed by atoms with E-state index >= 15 is 0 Å². The van der Waals surface area contributed by atoms with Crippen LogP contribution < -0.4 is 4.90 Å². The van der Waals surface area contributed by atoms with Crippen LogP contribution in [0.2, 0.25) is 0 Å². The van der Waals surface area contributed by atoms with Crippen molar-refractivity contribution in [2.45, 2.75) is 0 Å². The Balaban J connectivity index is 0.00000180. The third-order valence-electron chi connectivity index (χ3n) is 2.83. The molecule has 0 aromatic heterocycles. The number of hydrogen-bond donors (Lipinski definition) is 1. The van der Waals surface area contributed by atoms with Crippen molar-refractivity contribution in [1.82, 2.24) is 0 Å². The maximum Gasteiger partial charge on any atom is 0.337 e. The lowest BCUT2D eigenvalue weighted by Gasteiger charge is -2.17. The molecule has 19 heavy (non-hydrogen) atoms. The van der Waals surface area contributed by atoms with Crippen LogP contribution in [-0.2, 0) is 4.74 Å². The van der Waals surface area contributed by atoms with Crippen molar-refractivity contribution in [3.63, 3.8) is 0 Å². The van der Waals surface area contributed by atoms with Gasteiger partial charge in [-0.25, -0.2) is 4.79 Å². The number of nitriles is 1. The first-order chi connectivity index (χ1) is 8.65. The summed E-state index contributed by atoms with van der Waals surface area (Å²) in [4.78, 5) is 13.1. The van der Waals surface area contributed by atoms with Gasteiger partial charge in [-0.3, -0.25) is 0 Å². The molecule has 0 saturated heterocycles. The summed E-state index contributed by atoms with van der Waals surface area (Å²) in [5.41, 5.74) is 1.70. The van der Waals surface area contributed by atoms with Crippen LogP contribution in [0.4, 0.5) is 5.69 Å². The second kappa shape index (κ2) is 5.89. The molecular formula is C13H14N2O4. The van der Waals surface area contributed by atoms with E-state index in [1.807, 2.05) is 11.0 Å². The molecule has 0 saturated carbocycles. The highest BCUT2D eigenvalue weighted by Crippen LogP contribution is 2.23. The van der Waals surface area contributed by atoms with Crippen molar-refractivity contribution in [3.05, 3.63) is 41.2 Å². The summed E-state index contributed by atoms with van der Waals surface area (Å²) in [7, 11) is 1.33. The lowest BCUT2D eigenvalue weighted by molar-refractivity contribution is 0.0600. The predicted octanol–water partition coefficient (Wildman–Crippen LogP) is 0.804. The van der Waals surface area contributed by atoms with Crippen LogP contribution in [0.3, 0.4) is 0 Å². The molecule has 3 N–H and O–H groups in total. The summed E-state index contributed by atoms with van der Waals surface area (Å²) in [6, 6.07) is 8.80. The van der Waals surface area contributed by atoms with Crippen LogP contribution in [0.15, 0.2) is 35.6 Å². The number of anilines is 1. The molecule has 6 nitrogen and oxygen atoms in total. The molecule has 0 spiro atoms. The van der Waals surface area contributed by atoms with E-state index in [-0.39, 0.29) is 17.2 Å².